The van der Waals surface area contributed by atoms with E-state index in [-0.39, 0.29) is 0 Å². The second kappa shape index (κ2) is 3.46. The Balaban J connectivity index is 1.70. The van der Waals surface area contributed by atoms with Crippen LogP contribution < -0.4 is 5.32 Å². The summed E-state index contributed by atoms with van der Waals surface area (Å²) in [5, 5.41) is 3.47. The van der Waals surface area contributed by atoms with Gasteiger partial charge in [-0.05, 0) is 42.4 Å². The summed E-state index contributed by atoms with van der Waals surface area (Å²) in [7, 11) is 0. The first-order valence-corrected chi connectivity index (χ1v) is 6.52. The van der Waals surface area contributed by atoms with E-state index in [1.54, 1.807) is 0 Å². The smallest absolute Gasteiger partial charge is 0.0731 e. The number of fused-ring (bicyclic) bond motifs is 2. The lowest BCUT2D eigenvalue weighted by molar-refractivity contribution is -0.153. The molecule has 4 unspecified atom stereocenters. The maximum Gasteiger partial charge on any atom is 0.0731 e. The van der Waals surface area contributed by atoms with Crippen LogP contribution in [-0.2, 0) is 4.74 Å². The minimum atomic E-state index is 0.504. The third-order valence-corrected chi connectivity index (χ3v) is 5.35. The molecule has 4 atom stereocenters. The SMILES string of the molecule is CC1(C)C2CCC(C3CNCCO3)C1C2. The first kappa shape index (κ1) is 10.1. The van der Waals surface area contributed by atoms with Gasteiger partial charge in [-0.1, -0.05) is 13.8 Å². The molecule has 0 aromatic carbocycles. The minimum Gasteiger partial charge on any atom is -0.375 e. The number of rotatable bonds is 1. The van der Waals surface area contributed by atoms with Gasteiger partial charge in [-0.15, -0.1) is 0 Å². The van der Waals surface area contributed by atoms with E-state index in [1.807, 2.05) is 0 Å². The fraction of sp³-hybridized carbons (Fsp3) is 1.00. The molecule has 0 aromatic rings. The fourth-order valence-electron chi connectivity index (χ4n) is 4.17. The van der Waals surface area contributed by atoms with Gasteiger partial charge in [0, 0.05) is 13.1 Å². The lowest BCUT2D eigenvalue weighted by Crippen LogP contribution is -2.57. The van der Waals surface area contributed by atoms with Crippen LogP contribution in [0.2, 0.25) is 0 Å². The minimum absolute atomic E-state index is 0.504. The average molecular weight is 209 g/mol. The van der Waals surface area contributed by atoms with Crippen LogP contribution in [0.25, 0.3) is 0 Å². The standard InChI is InChI=1S/C13H23NO/c1-13(2)9-3-4-10(11(13)7-9)12-8-14-5-6-15-12/h9-12,14H,3-8H2,1-2H3. The molecule has 86 valence electrons. The number of morpholine rings is 1. The predicted octanol–water partition coefficient (Wildman–Crippen LogP) is 2.05. The Labute approximate surface area is 92.8 Å². The highest BCUT2D eigenvalue weighted by Crippen LogP contribution is 2.62. The van der Waals surface area contributed by atoms with Crippen LogP contribution in [0.3, 0.4) is 0 Å². The van der Waals surface area contributed by atoms with E-state index in [0.717, 1.165) is 37.5 Å². The van der Waals surface area contributed by atoms with Crippen molar-refractivity contribution in [2.45, 2.75) is 39.2 Å². The molecule has 1 aliphatic heterocycles. The lowest BCUT2D eigenvalue weighted by atomic mass is 9.45. The van der Waals surface area contributed by atoms with Crippen molar-refractivity contribution in [2.75, 3.05) is 19.7 Å². The third-order valence-electron chi connectivity index (χ3n) is 5.35. The molecule has 1 saturated heterocycles. The lowest BCUT2D eigenvalue weighted by Gasteiger charge is -2.61. The molecule has 0 aromatic heterocycles. The van der Waals surface area contributed by atoms with E-state index >= 15 is 0 Å². The zero-order valence-electron chi connectivity index (χ0n) is 9.96. The molecule has 2 nitrogen and oxygen atoms in total. The molecule has 2 heteroatoms. The molecule has 3 saturated carbocycles. The third kappa shape index (κ3) is 1.45. The highest BCUT2D eigenvalue weighted by Gasteiger charge is 2.55. The van der Waals surface area contributed by atoms with E-state index in [2.05, 4.69) is 19.2 Å². The molecule has 4 rings (SSSR count). The highest BCUT2D eigenvalue weighted by atomic mass is 16.5. The van der Waals surface area contributed by atoms with Crippen LogP contribution in [0, 0.1) is 23.2 Å². The summed E-state index contributed by atoms with van der Waals surface area (Å²) in [5.41, 5.74) is 0.601. The summed E-state index contributed by atoms with van der Waals surface area (Å²) in [6, 6.07) is 0. The highest BCUT2D eigenvalue weighted by molar-refractivity contribution is 5.05. The Kier molecular flexibility index (Phi) is 2.33. The van der Waals surface area contributed by atoms with Gasteiger partial charge < -0.3 is 10.1 Å². The van der Waals surface area contributed by atoms with Crippen LogP contribution in [0.4, 0.5) is 0 Å². The van der Waals surface area contributed by atoms with Crippen molar-refractivity contribution in [1.82, 2.24) is 5.32 Å². The second-order valence-electron chi connectivity index (χ2n) is 6.22. The maximum absolute atomic E-state index is 5.94. The van der Waals surface area contributed by atoms with Gasteiger partial charge in [0.25, 0.3) is 0 Å². The molecule has 0 radical (unpaired) electrons. The van der Waals surface area contributed by atoms with Gasteiger partial charge in [0.05, 0.1) is 12.7 Å². The van der Waals surface area contributed by atoms with E-state index in [1.165, 1.54) is 19.3 Å². The molecule has 2 bridgehead atoms. The Morgan fingerprint density at radius 3 is 2.73 bits per heavy atom. The van der Waals surface area contributed by atoms with Crippen molar-refractivity contribution in [1.29, 1.82) is 0 Å². The molecule has 1 heterocycles. The van der Waals surface area contributed by atoms with Crippen molar-refractivity contribution in [2.24, 2.45) is 23.2 Å². The van der Waals surface area contributed by atoms with Crippen LogP contribution in [0.5, 0.6) is 0 Å². The van der Waals surface area contributed by atoms with Crippen LogP contribution in [-0.4, -0.2) is 25.8 Å². The molecule has 3 aliphatic carbocycles. The average Bonchev–Trinajstić information content (AvgIpc) is 2.30. The van der Waals surface area contributed by atoms with Crippen molar-refractivity contribution in [3.63, 3.8) is 0 Å². The molecule has 4 aliphatic rings. The van der Waals surface area contributed by atoms with Gasteiger partial charge in [0.1, 0.15) is 0 Å². The van der Waals surface area contributed by atoms with Crippen LogP contribution in [0.15, 0.2) is 0 Å². The van der Waals surface area contributed by atoms with Crippen molar-refractivity contribution in [3.8, 4) is 0 Å². The van der Waals surface area contributed by atoms with Gasteiger partial charge in [0.15, 0.2) is 0 Å². The molecular weight excluding hydrogens is 186 g/mol. The van der Waals surface area contributed by atoms with Gasteiger partial charge in [0.2, 0.25) is 0 Å². The number of hydrogen-bond acceptors (Lipinski definition) is 2. The van der Waals surface area contributed by atoms with E-state index in [0.29, 0.717) is 11.5 Å². The van der Waals surface area contributed by atoms with E-state index < -0.39 is 0 Å². The quantitative estimate of drug-likeness (QED) is 0.713. The van der Waals surface area contributed by atoms with Crippen LogP contribution in [0.1, 0.15) is 33.1 Å². The van der Waals surface area contributed by atoms with Crippen molar-refractivity contribution < 1.29 is 4.74 Å². The summed E-state index contributed by atoms with van der Waals surface area (Å²) in [5.74, 6) is 2.77. The van der Waals surface area contributed by atoms with Crippen LogP contribution >= 0.6 is 0 Å². The summed E-state index contributed by atoms with van der Waals surface area (Å²) >= 11 is 0. The molecule has 4 fully saturated rings. The maximum atomic E-state index is 5.94. The Morgan fingerprint density at radius 1 is 1.27 bits per heavy atom. The van der Waals surface area contributed by atoms with Gasteiger partial charge in [-0.3, -0.25) is 0 Å². The first-order chi connectivity index (χ1) is 7.19. The number of nitrogens with one attached hydrogen (secondary N) is 1. The second-order valence-corrected chi connectivity index (χ2v) is 6.22. The molecule has 15 heavy (non-hydrogen) atoms. The molecular formula is C13H23NO. The van der Waals surface area contributed by atoms with Crippen molar-refractivity contribution in [3.05, 3.63) is 0 Å². The van der Waals surface area contributed by atoms with E-state index in [4.69, 9.17) is 4.74 Å². The van der Waals surface area contributed by atoms with Crippen molar-refractivity contribution >= 4 is 0 Å². The predicted molar refractivity (Wildman–Crippen MR) is 60.7 cm³/mol. The number of ether oxygens (including phenoxy) is 1. The largest absolute Gasteiger partial charge is 0.375 e. The molecule has 1 N–H and O–H groups in total. The summed E-state index contributed by atoms with van der Waals surface area (Å²) < 4.78 is 5.94. The molecule has 0 amide bonds. The normalized spacial score (nSPS) is 48.4. The van der Waals surface area contributed by atoms with E-state index in [9.17, 15) is 0 Å². The van der Waals surface area contributed by atoms with Gasteiger partial charge in [-0.2, -0.15) is 0 Å². The van der Waals surface area contributed by atoms with Gasteiger partial charge in [-0.25, -0.2) is 0 Å². The summed E-state index contributed by atoms with van der Waals surface area (Å²) in [6.07, 6.45) is 4.82. The Bertz CT molecular complexity index is 243. The zero-order valence-corrected chi connectivity index (χ0v) is 9.96. The number of hydrogen-bond donors (Lipinski definition) is 1. The fourth-order valence-corrected chi connectivity index (χ4v) is 4.17. The molecule has 0 spiro atoms. The zero-order chi connectivity index (χ0) is 10.5. The Morgan fingerprint density at radius 2 is 2.13 bits per heavy atom. The Hall–Kier alpha value is -0.0800. The summed E-state index contributed by atoms with van der Waals surface area (Å²) in [4.78, 5) is 0. The summed E-state index contributed by atoms with van der Waals surface area (Å²) in [6.45, 7) is 7.97. The van der Waals surface area contributed by atoms with Gasteiger partial charge >= 0.3 is 0 Å². The first-order valence-electron chi connectivity index (χ1n) is 6.52. The monoisotopic (exact) mass is 209 g/mol. The topological polar surface area (TPSA) is 21.3 Å².